The van der Waals surface area contributed by atoms with E-state index in [4.69, 9.17) is 0 Å². The normalized spacial score (nSPS) is 14.3. The highest BCUT2D eigenvalue weighted by atomic mass is 79.9. The third-order valence-electron chi connectivity index (χ3n) is 3.12. The molecular weight excluding hydrogens is 322 g/mol. The first-order valence-corrected chi connectivity index (χ1v) is 9.15. The predicted molar refractivity (Wildman–Crippen MR) is 87.0 cm³/mol. The fourth-order valence-corrected chi connectivity index (χ4v) is 3.69. The number of rotatable bonds is 9. The first-order chi connectivity index (χ1) is 9.17. The first kappa shape index (κ1) is 16.9. The van der Waals surface area contributed by atoms with E-state index in [1.54, 1.807) is 0 Å². The van der Waals surface area contributed by atoms with Crippen molar-refractivity contribution >= 4 is 26.7 Å². The largest absolute Gasteiger partial charge is 0.314 e. The van der Waals surface area contributed by atoms with Gasteiger partial charge in [0.2, 0.25) is 0 Å². The predicted octanol–water partition coefficient (Wildman–Crippen LogP) is 4.12. The fourth-order valence-electron chi connectivity index (χ4n) is 1.99. The molecule has 0 amide bonds. The molecule has 1 N–H and O–H groups in total. The standard InChI is InChI=1S/C15H24BrNOS/c1-3-10-17-14(4-2)8-6-11-19(18)15-9-5-7-13(16)12-15/h5,7,9,12,14,17H,3-4,6,8,10-11H2,1-2H3. The van der Waals surface area contributed by atoms with Crippen LogP contribution < -0.4 is 5.32 Å². The van der Waals surface area contributed by atoms with E-state index in [1.165, 1.54) is 6.42 Å². The Morgan fingerprint density at radius 1 is 1.37 bits per heavy atom. The van der Waals surface area contributed by atoms with Gasteiger partial charge in [-0.3, -0.25) is 4.21 Å². The third kappa shape index (κ3) is 6.68. The van der Waals surface area contributed by atoms with E-state index in [0.29, 0.717) is 6.04 Å². The van der Waals surface area contributed by atoms with Crippen LogP contribution in [0.3, 0.4) is 0 Å². The van der Waals surface area contributed by atoms with Gasteiger partial charge in [-0.15, -0.1) is 0 Å². The molecular formula is C15H24BrNOS. The molecule has 1 aromatic carbocycles. The molecule has 0 heterocycles. The van der Waals surface area contributed by atoms with Gasteiger partial charge in [-0.2, -0.15) is 0 Å². The highest BCUT2D eigenvalue weighted by Gasteiger charge is 2.08. The van der Waals surface area contributed by atoms with Crippen molar-refractivity contribution in [2.45, 2.75) is 50.5 Å². The summed E-state index contributed by atoms with van der Waals surface area (Å²) in [6, 6.07) is 8.35. The molecule has 0 aliphatic carbocycles. The zero-order valence-corrected chi connectivity index (χ0v) is 14.2. The van der Waals surface area contributed by atoms with Crippen molar-refractivity contribution in [1.29, 1.82) is 0 Å². The van der Waals surface area contributed by atoms with Crippen LogP contribution in [0.25, 0.3) is 0 Å². The summed E-state index contributed by atoms with van der Waals surface area (Å²) in [6.45, 7) is 5.47. The summed E-state index contributed by atoms with van der Waals surface area (Å²) in [5.41, 5.74) is 0. The average molecular weight is 346 g/mol. The number of nitrogens with one attached hydrogen (secondary N) is 1. The highest BCUT2D eigenvalue weighted by Crippen LogP contribution is 2.16. The summed E-state index contributed by atoms with van der Waals surface area (Å²) in [7, 11) is -0.876. The molecule has 0 fully saturated rings. The highest BCUT2D eigenvalue weighted by molar-refractivity contribution is 9.10. The number of hydrogen-bond donors (Lipinski definition) is 1. The SMILES string of the molecule is CCCNC(CC)CCCS(=O)c1cccc(Br)c1. The lowest BCUT2D eigenvalue weighted by atomic mass is 10.1. The van der Waals surface area contributed by atoms with E-state index >= 15 is 0 Å². The Labute approximate surface area is 128 Å². The van der Waals surface area contributed by atoms with Crippen LogP contribution in [0.5, 0.6) is 0 Å². The Morgan fingerprint density at radius 3 is 2.79 bits per heavy atom. The summed E-state index contributed by atoms with van der Waals surface area (Å²) >= 11 is 3.42. The van der Waals surface area contributed by atoms with Crippen molar-refractivity contribution in [2.75, 3.05) is 12.3 Å². The minimum absolute atomic E-state index is 0.569. The molecule has 0 aliphatic rings. The minimum atomic E-state index is -0.876. The van der Waals surface area contributed by atoms with Crippen LogP contribution in [0.4, 0.5) is 0 Å². The topological polar surface area (TPSA) is 29.1 Å². The first-order valence-electron chi connectivity index (χ1n) is 7.04. The van der Waals surface area contributed by atoms with Gasteiger partial charge in [-0.1, -0.05) is 35.8 Å². The van der Waals surface area contributed by atoms with Gasteiger partial charge in [0.1, 0.15) is 0 Å². The summed E-state index contributed by atoms with van der Waals surface area (Å²) in [4.78, 5) is 0.920. The molecule has 19 heavy (non-hydrogen) atoms. The molecule has 0 saturated carbocycles. The summed E-state index contributed by atoms with van der Waals surface area (Å²) in [5.74, 6) is 0.751. The smallest absolute Gasteiger partial charge is 0.0529 e. The summed E-state index contributed by atoms with van der Waals surface area (Å²) in [5, 5.41) is 3.54. The number of halogens is 1. The van der Waals surface area contributed by atoms with Crippen LogP contribution >= 0.6 is 15.9 Å². The molecule has 0 aliphatic heterocycles. The van der Waals surface area contributed by atoms with E-state index in [-0.39, 0.29) is 0 Å². The van der Waals surface area contributed by atoms with Crippen molar-refractivity contribution < 1.29 is 4.21 Å². The Balaban J connectivity index is 2.34. The van der Waals surface area contributed by atoms with E-state index in [0.717, 1.165) is 40.9 Å². The van der Waals surface area contributed by atoms with Crippen LogP contribution in [0, 0.1) is 0 Å². The average Bonchev–Trinajstić information content (AvgIpc) is 2.42. The van der Waals surface area contributed by atoms with Crippen molar-refractivity contribution in [1.82, 2.24) is 5.32 Å². The van der Waals surface area contributed by atoms with Gasteiger partial charge in [0, 0.05) is 21.2 Å². The Morgan fingerprint density at radius 2 is 2.16 bits per heavy atom. The monoisotopic (exact) mass is 345 g/mol. The Bertz CT molecular complexity index is 397. The Hall–Kier alpha value is -0.190. The minimum Gasteiger partial charge on any atom is -0.314 e. The van der Waals surface area contributed by atoms with Gasteiger partial charge in [0.25, 0.3) is 0 Å². The lowest BCUT2D eigenvalue weighted by Gasteiger charge is -2.16. The van der Waals surface area contributed by atoms with Crippen molar-refractivity contribution in [3.63, 3.8) is 0 Å². The van der Waals surface area contributed by atoms with Gasteiger partial charge in [-0.05, 0) is 50.4 Å². The molecule has 0 spiro atoms. The fraction of sp³-hybridized carbons (Fsp3) is 0.600. The molecule has 2 unspecified atom stereocenters. The maximum absolute atomic E-state index is 12.2. The van der Waals surface area contributed by atoms with Gasteiger partial charge in [0.05, 0.1) is 10.8 Å². The lowest BCUT2D eigenvalue weighted by Crippen LogP contribution is -2.29. The van der Waals surface area contributed by atoms with E-state index in [1.807, 2.05) is 24.3 Å². The van der Waals surface area contributed by atoms with Crippen LogP contribution in [0.15, 0.2) is 33.6 Å². The second kappa shape index (κ2) is 9.67. The van der Waals surface area contributed by atoms with Crippen LogP contribution in [-0.4, -0.2) is 22.5 Å². The molecule has 1 aromatic rings. The molecule has 2 nitrogen and oxygen atoms in total. The molecule has 4 heteroatoms. The van der Waals surface area contributed by atoms with Gasteiger partial charge < -0.3 is 5.32 Å². The maximum Gasteiger partial charge on any atom is 0.0529 e. The molecule has 0 radical (unpaired) electrons. The van der Waals surface area contributed by atoms with Crippen LogP contribution in [-0.2, 0) is 10.8 Å². The second-order valence-electron chi connectivity index (χ2n) is 4.71. The number of hydrogen-bond acceptors (Lipinski definition) is 2. The zero-order chi connectivity index (χ0) is 14.1. The quantitative estimate of drug-likeness (QED) is 0.729. The molecule has 0 aromatic heterocycles. The van der Waals surface area contributed by atoms with E-state index in [9.17, 15) is 4.21 Å². The summed E-state index contributed by atoms with van der Waals surface area (Å²) < 4.78 is 13.1. The molecule has 0 saturated heterocycles. The van der Waals surface area contributed by atoms with Gasteiger partial charge >= 0.3 is 0 Å². The van der Waals surface area contributed by atoms with Crippen molar-refractivity contribution in [3.8, 4) is 0 Å². The van der Waals surface area contributed by atoms with Gasteiger partial charge in [-0.25, -0.2) is 0 Å². The molecule has 108 valence electrons. The van der Waals surface area contributed by atoms with E-state index < -0.39 is 10.8 Å². The molecule has 0 bridgehead atoms. The van der Waals surface area contributed by atoms with Crippen molar-refractivity contribution in [3.05, 3.63) is 28.7 Å². The second-order valence-corrected chi connectivity index (χ2v) is 7.19. The molecule has 1 rings (SSSR count). The lowest BCUT2D eigenvalue weighted by molar-refractivity contribution is 0.464. The van der Waals surface area contributed by atoms with E-state index in [2.05, 4.69) is 35.1 Å². The zero-order valence-electron chi connectivity index (χ0n) is 11.8. The van der Waals surface area contributed by atoms with Crippen LogP contribution in [0.2, 0.25) is 0 Å². The van der Waals surface area contributed by atoms with Gasteiger partial charge in [0.15, 0.2) is 0 Å². The van der Waals surface area contributed by atoms with Crippen LogP contribution in [0.1, 0.15) is 39.5 Å². The third-order valence-corrected chi connectivity index (χ3v) is 5.05. The number of benzene rings is 1. The maximum atomic E-state index is 12.2. The summed E-state index contributed by atoms with van der Waals surface area (Å²) in [6.07, 6.45) is 4.43. The molecule has 2 atom stereocenters. The van der Waals surface area contributed by atoms with Crippen molar-refractivity contribution in [2.24, 2.45) is 0 Å². The Kier molecular flexibility index (Phi) is 8.58.